The highest BCUT2D eigenvalue weighted by Crippen LogP contribution is 2.57. The van der Waals surface area contributed by atoms with Gasteiger partial charge in [0.15, 0.2) is 6.61 Å². The van der Waals surface area contributed by atoms with E-state index in [0.29, 0.717) is 17.3 Å². The van der Waals surface area contributed by atoms with Crippen LogP contribution in [0.5, 0.6) is 11.6 Å². The van der Waals surface area contributed by atoms with Crippen molar-refractivity contribution in [2.24, 2.45) is 22.4 Å². The number of terminal acetylenes is 1. The molecule has 0 radical (unpaired) electrons. The summed E-state index contributed by atoms with van der Waals surface area (Å²) in [5.41, 5.74) is 0.362. The number of benzene rings is 1. The first-order valence-electron chi connectivity index (χ1n) is 9.58. The molecule has 2 aromatic rings. The zero-order valence-corrected chi connectivity index (χ0v) is 17.2. The topological polar surface area (TPSA) is 70.0 Å². The van der Waals surface area contributed by atoms with Crippen molar-refractivity contribution >= 4 is 12.2 Å². The number of ether oxygens (including phenoxy) is 2. The van der Waals surface area contributed by atoms with E-state index in [-0.39, 0.29) is 36.1 Å². The van der Waals surface area contributed by atoms with E-state index < -0.39 is 5.97 Å². The van der Waals surface area contributed by atoms with Crippen molar-refractivity contribution in [1.29, 1.82) is 0 Å². The second kappa shape index (κ2) is 9.77. The van der Waals surface area contributed by atoms with Gasteiger partial charge in [0.1, 0.15) is 17.7 Å². The first kappa shape index (κ1) is 21.9. The SMILES string of the molecule is C#CCON=CC1C(C(=O)OC#CCc2cccc(Oc3ccc(F)cc3)n2)C1(C)C. The van der Waals surface area contributed by atoms with Crippen LogP contribution in [0.15, 0.2) is 47.6 Å². The number of rotatable bonds is 7. The Hall–Kier alpha value is -3.84. The van der Waals surface area contributed by atoms with E-state index in [4.69, 9.17) is 20.7 Å². The summed E-state index contributed by atoms with van der Waals surface area (Å²) in [5.74, 6) is 4.72. The summed E-state index contributed by atoms with van der Waals surface area (Å²) in [5, 5.41) is 3.78. The fourth-order valence-electron chi connectivity index (χ4n) is 3.10. The molecule has 0 spiro atoms. The van der Waals surface area contributed by atoms with Gasteiger partial charge in [0.05, 0.1) is 18.0 Å². The van der Waals surface area contributed by atoms with Gasteiger partial charge in [0.25, 0.3) is 0 Å². The van der Waals surface area contributed by atoms with Crippen molar-refractivity contribution in [3.8, 4) is 36.0 Å². The quantitative estimate of drug-likeness (QED) is 0.223. The number of pyridine rings is 1. The van der Waals surface area contributed by atoms with E-state index >= 15 is 0 Å². The van der Waals surface area contributed by atoms with Gasteiger partial charge in [0.2, 0.25) is 5.88 Å². The number of aromatic nitrogens is 1. The molecule has 1 aromatic carbocycles. The highest BCUT2D eigenvalue weighted by atomic mass is 19.1. The van der Waals surface area contributed by atoms with E-state index in [9.17, 15) is 9.18 Å². The normalized spacial score (nSPS) is 18.4. The Labute approximate surface area is 180 Å². The largest absolute Gasteiger partial charge is 0.439 e. The molecule has 0 saturated heterocycles. The van der Waals surface area contributed by atoms with Crippen molar-refractivity contribution in [2.45, 2.75) is 20.3 Å². The van der Waals surface area contributed by atoms with Crippen LogP contribution in [0.1, 0.15) is 19.5 Å². The highest BCUT2D eigenvalue weighted by Gasteiger charge is 2.62. The molecule has 0 amide bonds. The summed E-state index contributed by atoms with van der Waals surface area (Å²) in [6, 6.07) is 10.9. The fraction of sp³-hybridized carbons (Fsp3) is 0.292. The predicted molar refractivity (Wildman–Crippen MR) is 112 cm³/mol. The van der Waals surface area contributed by atoms with Gasteiger partial charge >= 0.3 is 5.97 Å². The lowest BCUT2D eigenvalue weighted by molar-refractivity contribution is -0.139. The molecule has 0 aliphatic heterocycles. The number of hydrogen-bond acceptors (Lipinski definition) is 6. The fourth-order valence-corrected chi connectivity index (χ4v) is 3.10. The number of oxime groups is 1. The van der Waals surface area contributed by atoms with Gasteiger partial charge in [0, 0.05) is 18.2 Å². The van der Waals surface area contributed by atoms with Crippen molar-refractivity contribution in [2.75, 3.05) is 6.61 Å². The third-order valence-electron chi connectivity index (χ3n) is 4.92. The Balaban J connectivity index is 1.51. The van der Waals surface area contributed by atoms with Crippen LogP contribution in [0.3, 0.4) is 0 Å². The molecule has 1 fully saturated rings. The Morgan fingerprint density at radius 2 is 2.06 bits per heavy atom. The zero-order chi connectivity index (χ0) is 22.3. The van der Waals surface area contributed by atoms with Crippen molar-refractivity contribution in [3.05, 3.63) is 54.0 Å². The summed E-state index contributed by atoms with van der Waals surface area (Å²) >= 11 is 0. The molecule has 0 N–H and O–H groups in total. The Morgan fingerprint density at radius 3 is 2.81 bits per heavy atom. The molecule has 2 atom stereocenters. The first-order chi connectivity index (χ1) is 14.9. The van der Waals surface area contributed by atoms with Crippen LogP contribution in [-0.2, 0) is 20.8 Å². The van der Waals surface area contributed by atoms with Crippen LogP contribution >= 0.6 is 0 Å². The summed E-state index contributed by atoms with van der Waals surface area (Å²) in [7, 11) is 0. The summed E-state index contributed by atoms with van der Waals surface area (Å²) < 4.78 is 23.7. The molecule has 1 aliphatic carbocycles. The first-order valence-corrected chi connectivity index (χ1v) is 9.58. The maximum Gasteiger partial charge on any atom is 0.324 e. The van der Waals surface area contributed by atoms with Crippen LogP contribution in [-0.4, -0.2) is 23.8 Å². The summed E-state index contributed by atoms with van der Waals surface area (Å²) in [4.78, 5) is 21.5. The van der Waals surface area contributed by atoms with Gasteiger partial charge in [-0.25, -0.2) is 9.37 Å². The van der Waals surface area contributed by atoms with Crippen LogP contribution in [0.25, 0.3) is 0 Å². The smallest absolute Gasteiger partial charge is 0.324 e. The van der Waals surface area contributed by atoms with Crippen molar-refractivity contribution in [3.63, 3.8) is 0 Å². The molecule has 1 aliphatic rings. The Kier molecular flexibility index (Phi) is 6.89. The van der Waals surface area contributed by atoms with Gasteiger partial charge in [-0.15, -0.1) is 6.42 Å². The molecule has 1 heterocycles. The van der Waals surface area contributed by atoms with Crippen LogP contribution in [0, 0.1) is 47.4 Å². The standard InChI is InChI=1S/C24H21FN2O4/c1-4-14-30-26-16-20-22(24(20,2)3)23(28)29-15-6-8-18-7-5-9-21(27-18)31-19-12-10-17(25)11-13-19/h1,5,7,9-13,16,20,22H,8,14H2,2-3H3. The molecule has 158 valence electrons. The Bertz CT molecular complexity index is 1060. The third-order valence-corrected chi connectivity index (χ3v) is 4.92. The minimum Gasteiger partial charge on any atom is -0.439 e. The summed E-state index contributed by atoms with van der Waals surface area (Å²) in [6.07, 6.45) is 9.37. The molecular formula is C24H21FN2O4. The van der Waals surface area contributed by atoms with Crippen LogP contribution in [0.2, 0.25) is 0 Å². The number of nitrogens with zero attached hydrogens (tertiary/aromatic N) is 2. The summed E-state index contributed by atoms with van der Waals surface area (Å²) in [6.45, 7) is 3.97. The average Bonchev–Trinajstić information content (AvgIpc) is 3.31. The third kappa shape index (κ3) is 5.83. The minimum atomic E-state index is -0.410. The molecular weight excluding hydrogens is 399 g/mol. The number of halogens is 1. The number of esters is 1. The molecule has 1 aromatic heterocycles. The molecule has 7 heteroatoms. The van der Waals surface area contributed by atoms with E-state index in [1.807, 2.05) is 13.8 Å². The van der Waals surface area contributed by atoms with E-state index in [1.54, 1.807) is 24.4 Å². The van der Waals surface area contributed by atoms with Gasteiger partial charge in [-0.05, 0) is 35.7 Å². The number of carbonyl (C=O) groups is 1. The second-order valence-corrected chi connectivity index (χ2v) is 7.46. The highest BCUT2D eigenvalue weighted by molar-refractivity contribution is 5.86. The zero-order valence-electron chi connectivity index (χ0n) is 17.2. The molecule has 31 heavy (non-hydrogen) atoms. The second-order valence-electron chi connectivity index (χ2n) is 7.46. The van der Waals surface area contributed by atoms with Gasteiger partial charge in [-0.2, -0.15) is 0 Å². The van der Waals surface area contributed by atoms with Crippen LogP contribution in [0.4, 0.5) is 4.39 Å². The van der Waals surface area contributed by atoms with Gasteiger partial charge in [-0.3, -0.25) is 4.79 Å². The molecule has 2 unspecified atom stereocenters. The average molecular weight is 420 g/mol. The van der Waals surface area contributed by atoms with E-state index in [1.165, 1.54) is 24.3 Å². The van der Waals surface area contributed by atoms with Gasteiger partial charge in [-0.1, -0.05) is 36.9 Å². The van der Waals surface area contributed by atoms with E-state index in [0.717, 1.165) is 0 Å². The molecule has 0 bridgehead atoms. The predicted octanol–water partition coefficient (Wildman–Crippen LogP) is 3.97. The molecule has 3 rings (SSSR count). The maximum atomic E-state index is 13.0. The maximum absolute atomic E-state index is 13.0. The van der Waals surface area contributed by atoms with Crippen molar-refractivity contribution in [1.82, 2.24) is 4.98 Å². The number of carbonyl (C=O) groups excluding carboxylic acids is 1. The number of hydrogen-bond donors (Lipinski definition) is 0. The lowest BCUT2D eigenvalue weighted by Crippen LogP contribution is -2.07. The van der Waals surface area contributed by atoms with Crippen molar-refractivity contribution < 1.29 is 23.5 Å². The Morgan fingerprint density at radius 1 is 1.29 bits per heavy atom. The van der Waals surface area contributed by atoms with E-state index in [2.05, 4.69) is 28.1 Å². The minimum absolute atomic E-state index is 0.0778. The molecule has 6 nitrogen and oxygen atoms in total. The monoisotopic (exact) mass is 420 g/mol. The lowest BCUT2D eigenvalue weighted by Gasteiger charge is -2.05. The van der Waals surface area contributed by atoms with Crippen LogP contribution < -0.4 is 4.74 Å². The molecule has 1 saturated carbocycles. The lowest BCUT2D eigenvalue weighted by atomic mass is 10.1. The van der Waals surface area contributed by atoms with Gasteiger partial charge < -0.3 is 14.3 Å².